The van der Waals surface area contributed by atoms with Gasteiger partial charge in [0.25, 0.3) is 0 Å². The topological polar surface area (TPSA) is 69.4 Å². The number of hydrogen-bond donors (Lipinski definition) is 1. The Labute approximate surface area is 99.8 Å². The normalized spacial score (nSPS) is 9.00. The molecule has 0 heterocycles. The lowest BCUT2D eigenvalue weighted by Gasteiger charge is -2.01. The number of amides is 1. The van der Waals surface area contributed by atoms with Crippen LogP contribution in [-0.2, 0) is 9.53 Å². The molecule has 0 fully saturated rings. The number of rotatable bonds is 3. The molecule has 1 aromatic rings. The SMILES string of the molecule is CCOC(=O)c1cccc(C#CCC(N)=O)c1. The zero-order valence-electron chi connectivity index (χ0n) is 9.53. The molecule has 88 valence electrons. The third-order valence-corrected chi connectivity index (χ3v) is 1.87. The smallest absolute Gasteiger partial charge is 0.338 e. The fraction of sp³-hybridized carbons (Fsp3) is 0.231. The maximum Gasteiger partial charge on any atom is 0.338 e. The summed E-state index contributed by atoms with van der Waals surface area (Å²) in [6.45, 7) is 2.07. The van der Waals surface area contributed by atoms with E-state index in [1.807, 2.05) is 0 Å². The Morgan fingerprint density at radius 1 is 1.41 bits per heavy atom. The van der Waals surface area contributed by atoms with Crippen LogP contribution in [0.25, 0.3) is 0 Å². The van der Waals surface area contributed by atoms with Crippen LogP contribution in [0.15, 0.2) is 24.3 Å². The van der Waals surface area contributed by atoms with Crippen molar-refractivity contribution in [2.24, 2.45) is 5.73 Å². The van der Waals surface area contributed by atoms with Gasteiger partial charge in [-0.25, -0.2) is 4.79 Å². The molecule has 0 saturated carbocycles. The van der Waals surface area contributed by atoms with Crippen molar-refractivity contribution in [1.82, 2.24) is 0 Å². The molecule has 1 amide bonds. The molecule has 0 aliphatic heterocycles. The van der Waals surface area contributed by atoms with E-state index in [0.29, 0.717) is 17.7 Å². The highest BCUT2D eigenvalue weighted by atomic mass is 16.5. The molecular weight excluding hydrogens is 218 g/mol. The molecule has 0 unspecified atom stereocenters. The zero-order valence-corrected chi connectivity index (χ0v) is 9.53. The lowest BCUT2D eigenvalue weighted by molar-refractivity contribution is -0.117. The molecule has 0 saturated heterocycles. The molecule has 0 aliphatic carbocycles. The largest absolute Gasteiger partial charge is 0.462 e. The molecule has 0 spiro atoms. The van der Waals surface area contributed by atoms with Crippen molar-refractivity contribution in [1.29, 1.82) is 0 Å². The van der Waals surface area contributed by atoms with Crippen LogP contribution in [0.2, 0.25) is 0 Å². The van der Waals surface area contributed by atoms with Crippen LogP contribution in [0.1, 0.15) is 29.3 Å². The molecule has 0 bridgehead atoms. The first-order chi connectivity index (χ1) is 8.13. The number of esters is 1. The van der Waals surface area contributed by atoms with E-state index in [4.69, 9.17) is 10.5 Å². The predicted octanol–water partition coefficient (Wildman–Crippen LogP) is 1.09. The van der Waals surface area contributed by atoms with Crippen LogP contribution in [0, 0.1) is 11.8 Å². The summed E-state index contributed by atoms with van der Waals surface area (Å²) in [6.07, 6.45) is 0.00361. The fourth-order valence-corrected chi connectivity index (χ4v) is 1.17. The van der Waals surface area contributed by atoms with Gasteiger partial charge in [0.05, 0.1) is 18.6 Å². The molecule has 1 aromatic carbocycles. The van der Waals surface area contributed by atoms with Crippen LogP contribution in [0.4, 0.5) is 0 Å². The molecule has 1 rings (SSSR count). The summed E-state index contributed by atoms with van der Waals surface area (Å²) in [7, 11) is 0. The third kappa shape index (κ3) is 4.39. The van der Waals surface area contributed by atoms with E-state index in [-0.39, 0.29) is 12.4 Å². The third-order valence-electron chi connectivity index (χ3n) is 1.87. The second-order valence-corrected chi connectivity index (χ2v) is 3.25. The second-order valence-electron chi connectivity index (χ2n) is 3.25. The van der Waals surface area contributed by atoms with Gasteiger partial charge in [-0.1, -0.05) is 17.9 Å². The highest BCUT2D eigenvalue weighted by molar-refractivity contribution is 5.89. The Kier molecular flexibility index (Phi) is 4.77. The molecule has 17 heavy (non-hydrogen) atoms. The quantitative estimate of drug-likeness (QED) is 0.625. The summed E-state index contributed by atoms with van der Waals surface area (Å²) in [5.74, 6) is 4.52. The molecule has 4 nitrogen and oxygen atoms in total. The molecule has 0 aliphatic rings. The van der Waals surface area contributed by atoms with E-state index in [9.17, 15) is 9.59 Å². The van der Waals surface area contributed by atoms with Gasteiger partial charge in [-0.2, -0.15) is 0 Å². The van der Waals surface area contributed by atoms with E-state index in [0.717, 1.165) is 0 Å². The van der Waals surface area contributed by atoms with Crippen LogP contribution in [0.3, 0.4) is 0 Å². The van der Waals surface area contributed by atoms with Crippen molar-refractivity contribution < 1.29 is 14.3 Å². The van der Waals surface area contributed by atoms with Crippen molar-refractivity contribution in [2.75, 3.05) is 6.61 Å². The highest BCUT2D eigenvalue weighted by Gasteiger charge is 2.05. The first-order valence-corrected chi connectivity index (χ1v) is 5.18. The Hall–Kier alpha value is -2.28. The molecule has 4 heteroatoms. The fourth-order valence-electron chi connectivity index (χ4n) is 1.17. The molecule has 0 radical (unpaired) electrons. The maximum atomic E-state index is 11.4. The zero-order chi connectivity index (χ0) is 12.7. The van der Waals surface area contributed by atoms with E-state index in [1.165, 1.54) is 0 Å². The average Bonchev–Trinajstić information content (AvgIpc) is 2.29. The van der Waals surface area contributed by atoms with Gasteiger partial charge in [0, 0.05) is 5.56 Å². The summed E-state index contributed by atoms with van der Waals surface area (Å²) in [4.78, 5) is 21.9. The van der Waals surface area contributed by atoms with Crippen molar-refractivity contribution in [3.8, 4) is 11.8 Å². The minimum atomic E-state index is -0.473. The number of ether oxygens (including phenoxy) is 1. The summed E-state index contributed by atoms with van der Waals surface area (Å²) in [6, 6.07) is 6.72. The van der Waals surface area contributed by atoms with Gasteiger partial charge in [-0.3, -0.25) is 4.79 Å². The number of benzene rings is 1. The maximum absolute atomic E-state index is 11.4. The molecule has 0 atom stereocenters. The first-order valence-electron chi connectivity index (χ1n) is 5.18. The molecular formula is C13H13NO3. The monoisotopic (exact) mass is 231 g/mol. The molecule has 0 aromatic heterocycles. The summed E-state index contributed by atoms with van der Waals surface area (Å²) in [5.41, 5.74) is 6.05. The number of nitrogens with two attached hydrogens (primary N) is 1. The van der Waals surface area contributed by atoms with Gasteiger partial charge < -0.3 is 10.5 Å². The Bertz CT molecular complexity index is 483. The van der Waals surface area contributed by atoms with Gasteiger partial charge >= 0.3 is 5.97 Å². The average molecular weight is 231 g/mol. The van der Waals surface area contributed by atoms with Crippen LogP contribution >= 0.6 is 0 Å². The summed E-state index contributed by atoms with van der Waals surface area (Å²) in [5, 5.41) is 0. The lowest BCUT2D eigenvalue weighted by atomic mass is 10.1. The van der Waals surface area contributed by atoms with Gasteiger partial charge in [-0.05, 0) is 25.1 Å². The van der Waals surface area contributed by atoms with Crippen LogP contribution < -0.4 is 5.73 Å². The van der Waals surface area contributed by atoms with Crippen LogP contribution in [-0.4, -0.2) is 18.5 Å². The standard InChI is InChI=1S/C13H13NO3/c1-2-17-13(16)11-7-3-5-10(9-11)6-4-8-12(14)15/h3,5,7,9H,2,8H2,1H3,(H2,14,15). The van der Waals surface area contributed by atoms with Gasteiger partial charge in [-0.15, -0.1) is 0 Å². The molecule has 2 N–H and O–H groups in total. The Morgan fingerprint density at radius 3 is 2.82 bits per heavy atom. The van der Waals surface area contributed by atoms with Gasteiger partial charge in [0.1, 0.15) is 0 Å². The van der Waals surface area contributed by atoms with Crippen LogP contribution in [0.5, 0.6) is 0 Å². The van der Waals surface area contributed by atoms with Gasteiger partial charge in [0.15, 0.2) is 0 Å². The van der Waals surface area contributed by atoms with Crippen molar-refractivity contribution >= 4 is 11.9 Å². The van der Waals surface area contributed by atoms with E-state index < -0.39 is 5.91 Å². The number of hydrogen-bond acceptors (Lipinski definition) is 3. The number of carbonyl (C=O) groups excluding carboxylic acids is 2. The number of carbonyl (C=O) groups is 2. The van der Waals surface area contributed by atoms with Crippen molar-refractivity contribution in [3.63, 3.8) is 0 Å². The first kappa shape index (κ1) is 12.8. The Balaban J connectivity index is 2.81. The van der Waals surface area contributed by atoms with E-state index in [1.54, 1.807) is 31.2 Å². The van der Waals surface area contributed by atoms with Crippen molar-refractivity contribution in [3.05, 3.63) is 35.4 Å². The van der Waals surface area contributed by atoms with Crippen molar-refractivity contribution in [2.45, 2.75) is 13.3 Å². The second kappa shape index (κ2) is 6.33. The highest BCUT2D eigenvalue weighted by Crippen LogP contribution is 2.05. The lowest BCUT2D eigenvalue weighted by Crippen LogP contribution is -2.08. The minimum Gasteiger partial charge on any atom is -0.462 e. The summed E-state index contributed by atoms with van der Waals surface area (Å²) >= 11 is 0. The van der Waals surface area contributed by atoms with E-state index >= 15 is 0 Å². The summed E-state index contributed by atoms with van der Waals surface area (Å²) < 4.78 is 4.86. The van der Waals surface area contributed by atoms with E-state index in [2.05, 4.69) is 11.8 Å². The van der Waals surface area contributed by atoms with Gasteiger partial charge in [0.2, 0.25) is 5.91 Å². The Morgan fingerprint density at radius 2 is 2.18 bits per heavy atom. The predicted molar refractivity (Wildman–Crippen MR) is 63.1 cm³/mol. The minimum absolute atomic E-state index is 0.00361. The number of primary amides is 1.